The second kappa shape index (κ2) is 7.60. The maximum atomic E-state index is 13.3. The molecular weight excluding hydrogens is 414 g/mol. The predicted molar refractivity (Wildman–Crippen MR) is 121 cm³/mol. The molecule has 0 aliphatic carbocycles. The molecule has 2 N–H and O–H groups in total. The van der Waals surface area contributed by atoms with Crippen molar-refractivity contribution in [2.75, 3.05) is 11.9 Å². The van der Waals surface area contributed by atoms with Crippen LogP contribution in [0.4, 0.5) is 10.5 Å². The highest BCUT2D eigenvalue weighted by molar-refractivity contribution is 7.90. The molecule has 2 aromatic carbocycles. The number of carbonyl (C=O) groups is 1. The second-order valence-corrected chi connectivity index (χ2v) is 10.7. The third-order valence-corrected chi connectivity index (χ3v) is 6.86. The Morgan fingerprint density at radius 1 is 1.19 bits per heavy atom. The molecule has 1 aliphatic heterocycles. The number of hydrogen-bond acceptors (Lipinski definition) is 5. The molecule has 164 valence electrons. The Morgan fingerprint density at radius 3 is 2.58 bits per heavy atom. The Bertz CT molecular complexity index is 1240. The molecule has 1 atom stereocenters. The summed E-state index contributed by atoms with van der Waals surface area (Å²) in [6.07, 6.45) is 1.81. The van der Waals surface area contributed by atoms with Crippen LogP contribution < -0.4 is 10.6 Å². The minimum atomic E-state index is -3.72. The van der Waals surface area contributed by atoms with Crippen LogP contribution in [0, 0.1) is 6.92 Å². The number of anilines is 1. The summed E-state index contributed by atoms with van der Waals surface area (Å²) in [6, 6.07) is 12.3. The van der Waals surface area contributed by atoms with E-state index in [0.29, 0.717) is 18.5 Å². The van der Waals surface area contributed by atoms with Gasteiger partial charge in [0.25, 0.3) is 10.0 Å². The number of nitrogens with zero attached hydrogens (tertiary/aromatic N) is 1. The van der Waals surface area contributed by atoms with Gasteiger partial charge >= 0.3 is 6.09 Å². The number of aryl methyl sites for hydroxylation is 1. The van der Waals surface area contributed by atoms with Gasteiger partial charge in [-0.15, -0.1) is 0 Å². The first-order chi connectivity index (χ1) is 14.5. The fraction of sp³-hybridized carbons (Fsp3) is 0.348. The fourth-order valence-corrected chi connectivity index (χ4v) is 5.20. The highest BCUT2D eigenvalue weighted by Gasteiger charge is 2.27. The molecule has 1 amide bonds. The van der Waals surface area contributed by atoms with Crippen molar-refractivity contribution in [1.82, 2.24) is 9.29 Å². The highest BCUT2D eigenvalue weighted by atomic mass is 32.2. The van der Waals surface area contributed by atoms with Gasteiger partial charge in [0.15, 0.2) is 0 Å². The Hall–Kier alpha value is -3.00. The van der Waals surface area contributed by atoms with Gasteiger partial charge in [0.05, 0.1) is 10.4 Å². The van der Waals surface area contributed by atoms with E-state index in [4.69, 9.17) is 4.74 Å². The molecule has 0 saturated heterocycles. The summed E-state index contributed by atoms with van der Waals surface area (Å²) in [7, 11) is -3.72. The average molecular weight is 442 g/mol. The minimum absolute atomic E-state index is 0.0800. The van der Waals surface area contributed by atoms with Gasteiger partial charge in [-0.1, -0.05) is 23.8 Å². The van der Waals surface area contributed by atoms with Crippen LogP contribution in [0.1, 0.15) is 31.9 Å². The lowest BCUT2D eigenvalue weighted by Crippen LogP contribution is -2.41. The zero-order valence-corrected chi connectivity index (χ0v) is 18.9. The van der Waals surface area contributed by atoms with Crippen molar-refractivity contribution in [2.24, 2.45) is 0 Å². The molecule has 8 heteroatoms. The van der Waals surface area contributed by atoms with Crippen LogP contribution in [0.15, 0.2) is 53.6 Å². The summed E-state index contributed by atoms with van der Waals surface area (Å²) in [6.45, 7) is 7.73. The molecular formula is C23H27N3O4S. The first-order valence-electron chi connectivity index (χ1n) is 10.2. The van der Waals surface area contributed by atoms with Gasteiger partial charge in [-0.2, -0.15) is 0 Å². The van der Waals surface area contributed by atoms with E-state index in [9.17, 15) is 13.2 Å². The highest BCUT2D eigenvalue weighted by Crippen LogP contribution is 2.35. The van der Waals surface area contributed by atoms with Crippen LogP contribution >= 0.6 is 0 Å². The molecule has 0 bridgehead atoms. The van der Waals surface area contributed by atoms with Crippen molar-refractivity contribution in [3.8, 4) is 0 Å². The summed E-state index contributed by atoms with van der Waals surface area (Å²) in [5, 5.41) is 7.10. The number of hydrogen-bond donors (Lipinski definition) is 2. The molecule has 0 spiro atoms. The van der Waals surface area contributed by atoms with Crippen molar-refractivity contribution < 1.29 is 17.9 Å². The van der Waals surface area contributed by atoms with Crippen LogP contribution in [0.2, 0.25) is 0 Å². The van der Waals surface area contributed by atoms with Gasteiger partial charge in [-0.25, -0.2) is 17.2 Å². The topological polar surface area (TPSA) is 89.4 Å². The molecule has 1 aromatic heterocycles. The molecule has 31 heavy (non-hydrogen) atoms. The Balaban J connectivity index is 1.62. The van der Waals surface area contributed by atoms with Crippen molar-refractivity contribution in [2.45, 2.75) is 50.7 Å². The Kier molecular flexibility index (Phi) is 5.21. The minimum Gasteiger partial charge on any atom is -0.444 e. The molecule has 1 unspecified atom stereocenters. The zero-order valence-electron chi connectivity index (χ0n) is 18.1. The van der Waals surface area contributed by atoms with E-state index >= 15 is 0 Å². The number of benzene rings is 2. The summed E-state index contributed by atoms with van der Waals surface area (Å²) < 4.78 is 33.3. The molecule has 0 fully saturated rings. The lowest BCUT2D eigenvalue weighted by atomic mass is 9.99. The Morgan fingerprint density at radius 2 is 1.90 bits per heavy atom. The number of rotatable bonds is 4. The number of carbonyl (C=O) groups excluding carboxylic acids is 1. The van der Waals surface area contributed by atoms with Gasteiger partial charge in [-0.05, 0) is 63.9 Å². The molecule has 1 aliphatic rings. The number of nitrogens with one attached hydrogen (secondary N) is 2. The van der Waals surface area contributed by atoms with E-state index in [1.54, 1.807) is 30.5 Å². The monoisotopic (exact) mass is 441 g/mol. The third-order valence-electron chi connectivity index (χ3n) is 5.17. The van der Waals surface area contributed by atoms with Crippen LogP contribution in [-0.2, 0) is 21.2 Å². The summed E-state index contributed by atoms with van der Waals surface area (Å²) in [5.41, 5.74) is 2.86. The average Bonchev–Trinajstić information content (AvgIpc) is 3.06. The fourth-order valence-electron chi connectivity index (χ4n) is 3.81. The van der Waals surface area contributed by atoms with Gasteiger partial charge < -0.3 is 15.4 Å². The first-order valence-corrected chi connectivity index (χ1v) is 11.7. The number of amides is 1. The molecule has 7 nitrogen and oxygen atoms in total. The molecule has 4 rings (SSSR count). The van der Waals surface area contributed by atoms with Crippen molar-refractivity contribution in [1.29, 1.82) is 0 Å². The predicted octanol–water partition coefficient (Wildman–Crippen LogP) is 4.05. The molecule has 0 radical (unpaired) electrons. The lowest BCUT2D eigenvalue weighted by molar-refractivity contribution is 0.0525. The normalized spacial score (nSPS) is 16.1. The number of alkyl carbamates (subject to hydrolysis) is 1. The molecule has 3 aromatic rings. The molecule has 2 heterocycles. The number of aromatic nitrogens is 1. The first kappa shape index (κ1) is 21.2. The quantitative estimate of drug-likeness (QED) is 0.638. The van der Waals surface area contributed by atoms with E-state index in [-0.39, 0.29) is 10.9 Å². The van der Waals surface area contributed by atoms with Gasteiger partial charge in [-0.3, -0.25) is 0 Å². The van der Waals surface area contributed by atoms with Crippen LogP contribution in [0.5, 0.6) is 0 Å². The Labute approximate surface area is 182 Å². The van der Waals surface area contributed by atoms with Crippen LogP contribution in [0.3, 0.4) is 0 Å². The standard InChI is InChI=1S/C23H27N3O4S/c1-15-8-10-18(11-9-15)31(28,29)26-14-16-12-17(13-24-22(27)30-23(2,3)4)25-19-6-5-7-20(26)21(16)19/h5-11,14,17,25H,12-13H2,1-4H3,(H,24,27). The van der Waals surface area contributed by atoms with E-state index in [1.165, 1.54) is 3.97 Å². The molecule has 0 saturated carbocycles. The maximum absolute atomic E-state index is 13.3. The zero-order chi connectivity index (χ0) is 22.4. The van der Waals surface area contributed by atoms with Gasteiger partial charge in [0.1, 0.15) is 5.60 Å². The van der Waals surface area contributed by atoms with E-state index in [2.05, 4.69) is 10.6 Å². The lowest BCUT2D eigenvalue weighted by Gasteiger charge is -2.26. The SMILES string of the molecule is Cc1ccc(S(=O)(=O)n2cc3c4c(cccc42)NC(CNC(=O)OC(C)(C)C)C3)cc1. The van der Waals surface area contributed by atoms with Crippen LogP contribution in [-0.4, -0.2) is 36.7 Å². The largest absolute Gasteiger partial charge is 0.444 e. The van der Waals surface area contributed by atoms with Crippen molar-refractivity contribution in [3.05, 3.63) is 59.8 Å². The van der Waals surface area contributed by atoms with E-state index in [1.807, 2.05) is 45.9 Å². The van der Waals surface area contributed by atoms with Crippen LogP contribution in [0.25, 0.3) is 10.9 Å². The smallest absolute Gasteiger partial charge is 0.407 e. The van der Waals surface area contributed by atoms with E-state index in [0.717, 1.165) is 22.2 Å². The van der Waals surface area contributed by atoms with Crippen molar-refractivity contribution >= 4 is 32.7 Å². The van der Waals surface area contributed by atoms with Gasteiger partial charge in [0, 0.05) is 29.9 Å². The van der Waals surface area contributed by atoms with Gasteiger partial charge in [0.2, 0.25) is 0 Å². The van der Waals surface area contributed by atoms with Crippen molar-refractivity contribution in [3.63, 3.8) is 0 Å². The third kappa shape index (κ3) is 4.25. The summed E-state index contributed by atoms with van der Waals surface area (Å²) in [5.74, 6) is 0. The second-order valence-electron chi connectivity index (χ2n) is 8.90. The van der Waals surface area contributed by atoms with E-state index < -0.39 is 21.7 Å². The number of ether oxygens (including phenoxy) is 1. The summed E-state index contributed by atoms with van der Waals surface area (Å²) >= 11 is 0. The summed E-state index contributed by atoms with van der Waals surface area (Å²) in [4.78, 5) is 12.3. The maximum Gasteiger partial charge on any atom is 0.407 e.